The van der Waals surface area contributed by atoms with Crippen molar-refractivity contribution in [3.8, 4) is 0 Å². The Kier molecular flexibility index (Phi) is 46.2. The summed E-state index contributed by atoms with van der Waals surface area (Å²) < 4.78 is 22.8. The Morgan fingerprint density at radius 1 is 0.462 bits per heavy atom. The van der Waals surface area contributed by atoms with Crippen LogP contribution in [0.2, 0.25) is 0 Å². The molecule has 0 aliphatic carbocycles. The summed E-state index contributed by atoms with van der Waals surface area (Å²) in [6.07, 6.45) is 44.7. The summed E-state index contributed by atoms with van der Waals surface area (Å²) in [5.74, 6) is -0.237. The standard InChI is InChI=1S/C64H119NO13/c1-3-5-7-9-11-13-15-17-19-21-22-23-24-25-26-27-28-29-30-32-34-36-38-40-42-44-46-48-56(69)65-52(53(68)47-45-43-41-39-37-35-33-31-20-18-16-14-12-10-8-6-4-2)51-75-63-61(74)59(72)62(55(50-67)77-63)78-64-60(73)58(71)57(70)54(49-66)76-64/h15,17,21-22,45,47,52-55,57-64,66-68,70-74H,3-14,16,18-20,23-44,46,48-51H2,1-2H3,(H,65,69)/b17-15-,22-21-,47-45+. The lowest BCUT2D eigenvalue weighted by atomic mass is 9.97. The molecule has 0 bridgehead atoms. The van der Waals surface area contributed by atoms with E-state index < -0.39 is 86.8 Å². The van der Waals surface area contributed by atoms with Crippen molar-refractivity contribution in [2.24, 2.45) is 0 Å². The lowest BCUT2D eigenvalue weighted by Gasteiger charge is -2.46. The molecule has 458 valence electrons. The molecule has 78 heavy (non-hydrogen) atoms. The predicted molar refractivity (Wildman–Crippen MR) is 314 cm³/mol. The van der Waals surface area contributed by atoms with E-state index in [1.165, 1.54) is 199 Å². The average Bonchev–Trinajstić information content (AvgIpc) is 3.44. The molecule has 0 aromatic carbocycles. The average molecular weight is 1110 g/mol. The molecular weight excluding hydrogens is 991 g/mol. The molecule has 1 amide bonds. The molecule has 2 aliphatic rings. The van der Waals surface area contributed by atoms with E-state index in [4.69, 9.17) is 18.9 Å². The number of carbonyl (C=O) groups excluding carboxylic acids is 1. The van der Waals surface area contributed by atoms with Crippen LogP contribution in [0.4, 0.5) is 0 Å². The van der Waals surface area contributed by atoms with Gasteiger partial charge in [-0.05, 0) is 51.4 Å². The van der Waals surface area contributed by atoms with E-state index in [1.54, 1.807) is 6.08 Å². The Morgan fingerprint density at radius 2 is 0.846 bits per heavy atom. The van der Waals surface area contributed by atoms with Gasteiger partial charge in [-0.2, -0.15) is 0 Å². The molecule has 12 atom stereocenters. The summed E-state index contributed by atoms with van der Waals surface area (Å²) in [6, 6.07) is -0.914. The topological polar surface area (TPSA) is 228 Å². The number of nitrogens with one attached hydrogen (secondary N) is 1. The van der Waals surface area contributed by atoms with Crippen molar-refractivity contribution in [3.63, 3.8) is 0 Å². The van der Waals surface area contributed by atoms with Crippen molar-refractivity contribution in [1.82, 2.24) is 5.32 Å². The Labute approximate surface area is 474 Å². The number of amides is 1. The van der Waals surface area contributed by atoms with Crippen LogP contribution in [-0.2, 0) is 23.7 Å². The SMILES string of the molecule is CCCCCCC/C=C\C/C=C\CCCCCCCCCCCCCCCCCC(=O)NC(COC1OC(CO)C(OC2OC(CO)C(O)C(O)C2O)C(O)C1O)C(O)/C=C/CCCCCCCCCCCCCCCCC. The molecule has 14 heteroatoms. The van der Waals surface area contributed by atoms with Crippen LogP contribution >= 0.6 is 0 Å². The second-order valence-corrected chi connectivity index (χ2v) is 22.9. The number of aliphatic hydroxyl groups is 8. The quantitative estimate of drug-likeness (QED) is 0.0204. The van der Waals surface area contributed by atoms with E-state index in [1.807, 2.05) is 6.08 Å². The zero-order valence-corrected chi connectivity index (χ0v) is 49.4. The van der Waals surface area contributed by atoms with E-state index in [0.717, 1.165) is 44.9 Å². The van der Waals surface area contributed by atoms with Gasteiger partial charge in [0.2, 0.25) is 5.91 Å². The van der Waals surface area contributed by atoms with Crippen LogP contribution in [-0.4, -0.2) is 140 Å². The van der Waals surface area contributed by atoms with Crippen LogP contribution in [0.1, 0.15) is 271 Å². The van der Waals surface area contributed by atoms with Crippen LogP contribution in [0.5, 0.6) is 0 Å². The van der Waals surface area contributed by atoms with Gasteiger partial charge in [-0.15, -0.1) is 0 Å². The third-order valence-electron chi connectivity index (χ3n) is 15.8. The van der Waals surface area contributed by atoms with Crippen LogP contribution in [0.3, 0.4) is 0 Å². The van der Waals surface area contributed by atoms with E-state index >= 15 is 0 Å². The van der Waals surface area contributed by atoms with Gasteiger partial charge in [-0.3, -0.25) is 4.79 Å². The highest BCUT2D eigenvalue weighted by Gasteiger charge is 2.51. The van der Waals surface area contributed by atoms with Crippen molar-refractivity contribution in [1.29, 1.82) is 0 Å². The molecule has 0 aromatic rings. The van der Waals surface area contributed by atoms with Gasteiger partial charge in [0.15, 0.2) is 12.6 Å². The minimum Gasteiger partial charge on any atom is -0.394 e. The lowest BCUT2D eigenvalue weighted by molar-refractivity contribution is -0.359. The highest BCUT2D eigenvalue weighted by atomic mass is 16.7. The van der Waals surface area contributed by atoms with Crippen LogP contribution in [0.15, 0.2) is 36.5 Å². The maximum absolute atomic E-state index is 13.3. The zero-order valence-electron chi connectivity index (χ0n) is 49.4. The number of unbranched alkanes of at least 4 members (excludes halogenated alkanes) is 35. The molecule has 2 aliphatic heterocycles. The molecule has 14 nitrogen and oxygen atoms in total. The normalized spacial score (nSPS) is 24.7. The molecule has 0 spiro atoms. The summed E-state index contributed by atoms with van der Waals surface area (Å²) in [6.45, 7) is 2.81. The molecule has 12 unspecified atom stereocenters. The molecule has 2 heterocycles. The van der Waals surface area contributed by atoms with E-state index in [9.17, 15) is 45.6 Å². The summed E-state index contributed by atoms with van der Waals surface area (Å²) >= 11 is 0. The maximum Gasteiger partial charge on any atom is 0.220 e. The van der Waals surface area contributed by atoms with Crippen molar-refractivity contribution < 1.29 is 64.6 Å². The largest absolute Gasteiger partial charge is 0.394 e. The fourth-order valence-corrected chi connectivity index (χ4v) is 10.6. The number of aliphatic hydroxyl groups excluding tert-OH is 8. The summed E-state index contributed by atoms with van der Waals surface area (Å²) in [4.78, 5) is 13.3. The number of carbonyl (C=O) groups is 1. The summed E-state index contributed by atoms with van der Waals surface area (Å²) in [5, 5.41) is 87.2. The molecule has 0 aromatic heterocycles. The third-order valence-corrected chi connectivity index (χ3v) is 15.8. The molecule has 0 radical (unpaired) electrons. The van der Waals surface area contributed by atoms with E-state index in [-0.39, 0.29) is 18.9 Å². The van der Waals surface area contributed by atoms with Crippen LogP contribution in [0, 0.1) is 0 Å². The molecule has 2 fully saturated rings. The van der Waals surface area contributed by atoms with Crippen molar-refractivity contribution in [2.75, 3.05) is 19.8 Å². The highest BCUT2D eigenvalue weighted by molar-refractivity contribution is 5.76. The zero-order chi connectivity index (χ0) is 56.7. The van der Waals surface area contributed by atoms with Crippen LogP contribution in [0.25, 0.3) is 0 Å². The Hall–Kier alpha value is -1.79. The second-order valence-electron chi connectivity index (χ2n) is 22.9. The molecular formula is C64H119NO13. The van der Waals surface area contributed by atoms with Crippen molar-refractivity contribution in [2.45, 2.75) is 344 Å². The molecule has 2 rings (SSSR count). The molecule has 9 N–H and O–H groups in total. The van der Waals surface area contributed by atoms with Crippen molar-refractivity contribution in [3.05, 3.63) is 36.5 Å². The first kappa shape index (κ1) is 72.3. The van der Waals surface area contributed by atoms with E-state index in [0.29, 0.717) is 6.42 Å². The van der Waals surface area contributed by atoms with Gasteiger partial charge in [0.1, 0.15) is 48.8 Å². The second kappa shape index (κ2) is 49.8. The fourth-order valence-electron chi connectivity index (χ4n) is 10.6. The Balaban J connectivity index is 1.70. The number of hydrogen-bond acceptors (Lipinski definition) is 13. The lowest BCUT2D eigenvalue weighted by Crippen LogP contribution is -2.65. The van der Waals surface area contributed by atoms with Gasteiger partial charge < -0.3 is 65.1 Å². The number of hydrogen-bond donors (Lipinski definition) is 9. The summed E-state index contributed by atoms with van der Waals surface area (Å²) in [7, 11) is 0. The number of allylic oxidation sites excluding steroid dienone is 5. The van der Waals surface area contributed by atoms with Gasteiger partial charge in [0, 0.05) is 6.42 Å². The van der Waals surface area contributed by atoms with E-state index in [2.05, 4.69) is 43.5 Å². The van der Waals surface area contributed by atoms with Gasteiger partial charge in [0.05, 0.1) is 32.0 Å². The minimum atomic E-state index is -1.79. The van der Waals surface area contributed by atoms with Gasteiger partial charge in [-0.25, -0.2) is 0 Å². The highest BCUT2D eigenvalue weighted by Crippen LogP contribution is 2.30. The first-order chi connectivity index (χ1) is 38.1. The minimum absolute atomic E-state index is 0.237. The first-order valence-corrected chi connectivity index (χ1v) is 32.2. The predicted octanol–water partition coefficient (Wildman–Crippen LogP) is 11.8. The Morgan fingerprint density at radius 3 is 1.28 bits per heavy atom. The Bertz CT molecular complexity index is 1450. The maximum atomic E-state index is 13.3. The van der Waals surface area contributed by atoms with Crippen LogP contribution < -0.4 is 5.32 Å². The smallest absolute Gasteiger partial charge is 0.220 e. The first-order valence-electron chi connectivity index (χ1n) is 32.2. The molecule has 0 saturated carbocycles. The van der Waals surface area contributed by atoms with Gasteiger partial charge in [-0.1, -0.05) is 249 Å². The van der Waals surface area contributed by atoms with Gasteiger partial charge >= 0.3 is 0 Å². The van der Waals surface area contributed by atoms with Gasteiger partial charge in [0.25, 0.3) is 0 Å². The molecule has 2 saturated heterocycles. The fraction of sp³-hybridized carbons (Fsp3) is 0.891. The number of rotatable bonds is 52. The number of ether oxygens (including phenoxy) is 4. The monoisotopic (exact) mass is 1110 g/mol. The van der Waals surface area contributed by atoms with Crippen molar-refractivity contribution >= 4 is 5.91 Å². The summed E-state index contributed by atoms with van der Waals surface area (Å²) in [5.41, 5.74) is 0. The third kappa shape index (κ3) is 34.6.